The molecule has 0 saturated heterocycles. The van der Waals surface area contributed by atoms with Crippen LogP contribution in [0.4, 0.5) is 0 Å². The molecule has 0 unspecified atom stereocenters. The molecule has 1 aromatic heterocycles. The summed E-state index contributed by atoms with van der Waals surface area (Å²) in [5, 5.41) is 1.10. The van der Waals surface area contributed by atoms with Crippen molar-refractivity contribution in [1.29, 1.82) is 0 Å². The van der Waals surface area contributed by atoms with Gasteiger partial charge in [0, 0.05) is 17.3 Å². The van der Waals surface area contributed by atoms with Crippen molar-refractivity contribution in [2.75, 3.05) is 0 Å². The van der Waals surface area contributed by atoms with E-state index in [2.05, 4.69) is 4.98 Å². The summed E-state index contributed by atoms with van der Waals surface area (Å²) in [6, 6.07) is 5.19. The van der Waals surface area contributed by atoms with Crippen LogP contribution in [0.1, 0.15) is 5.56 Å². The summed E-state index contributed by atoms with van der Waals surface area (Å²) in [7, 11) is 0. The highest BCUT2D eigenvalue weighted by molar-refractivity contribution is 6.49. The Morgan fingerprint density at radius 1 is 1.12 bits per heavy atom. The molecule has 1 N–H and O–H groups in total. The Bertz CT molecular complexity index is 634. The molecule has 0 aliphatic carbocycles. The molecule has 2 aromatic rings. The summed E-state index contributed by atoms with van der Waals surface area (Å²) < 4.78 is 0. The molecular weight excluding hydrogens is 280 g/mol. The first-order valence-electron chi connectivity index (χ1n) is 4.84. The van der Waals surface area contributed by atoms with Gasteiger partial charge < -0.3 is 4.98 Å². The van der Waals surface area contributed by atoms with Gasteiger partial charge in [0.15, 0.2) is 0 Å². The van der Waals surface area contributed by atoms with E-state index in [0.29, 0.717) is 20.6 Å². The molecule has 0 amide bonds. The van der Waals surface area contributed by atoms with Crippen LogP contribution in [0.3, 0.4) is 0 Å². The third-order valence-corrected chi connectivity index (χ3v) is 3.73. The van der Waals surface area contributed by atoms with E-state index < -0.39 is 0 Å². The van der Waals surface area contributed by atoms with Crippen molar-refractivity contribution in [2.45, 2.75) is 6.92 Å². The molecule has 0 saturated carbocycles. The van der Waals surface area contributed by atoms with Crippen LogP contribution in [-0.2, 0) is 0 Å². The first-order chi connectivity index (χ1) is 8.00. The number of H-pyrrole nitrogens is 1. The van der Waals surface area contributed by atoms with Gasteiger partial charge in [-0.1, -0.05) is 40.9 Å². The molecular formula is C12H8Cl3NO. The Morgan fingerprint density at radius 2 is 1.82 bits per heavy atom. The summed E-state index contributed by atoms with van der Waals surface area (Å²) in [5.41, 5.74) is 2.03. The highest BCUT2D eigenvalue weighted by atomic mass is 35.5. The average molecular weight is 289 g/mol. The van der Waals surface area contributed by atoms with E-state index in [-0.39, 0.29) is 5.56 Å². The molecule has 88 valence electrons. The van der Waals surface area contributed by atoms with Gasteiger partial charge in [0.05, 0.1) is 15.1 Å². The number of aromatic nitrogens is 1. The van der Waals surface area contributed by atoms with E-state index in [0.717, 1.165) is 11.1 Å². The summed E-state index contributed by atoms with van der Waals surface area (Å²) in [5.74, 6) is 0. The maximum absolute atomic E-state index is 11.3. The summed E-state index contributed by atoms with van der Waals surface area (Å²) in [6.07, 6.45) is 1.60. The van der Waals surface area contributed by atoms with Crippen LogP contribution in [0.25, 0.3) is 11.1 Å². The van der Waals surface area contributed by atoms with Gasteiger partial charge in [0.2, 0.25) is 0 Å². The van der Waals surface area contributed by atoms with Gasteiger partial charge in [0.25, 0.3) is 5.56 Å². The maximum atomic E-state index is 11.3. The number of halogens is 3. The minimum absolute atomic E-state index is 0.120. The Labute approximate surface area is 113 Å². The van der Waals surface area contributed by atoms with Crippen molar-refractivity contribution in [3.63, 3.8) is 0 Å². The van der Waals surface area contributed by atoms with E-state index >= 15 is 0 Å². The van der Waals surface area contributed by atoms with Crippen LogP contribution in [0.15, 0.2) is 29.2 Å². The monoisotopic (exact) mass is 287 g/mol. The third kappa shape index (κ3) is 2.34. The van der Waals surface area contributed by atoms with Crippen LogP contribution in [0.5, 0.6) is 0 Å². The lowest BCUT2D eigenvalue weighted by Gasteiger charge is -2.07. The van der Waals surface area contributed by atoms with Crippen LogP contribution in [0, 0.1) is 6.92 Å². The van der Waals surface area contributed by atoms with Crippen molar-refractivity contribution < 1.29 is 0 Å². The standard InChI is InChI=1S/C12H8Cl3NO/c1-6-4-7(5-16-12(6)17)8-2-3-9(13)11(15)10(8)14/h2-5H,1H3,(H,16,17). The van der Waals surface area contributed by atoms with Crippen LogP contribution in [0.2, 0.25) is 15.1 Å². The second kappa shape index (κ2) is 4.73. The van der Waals surface area contributed by atoms with Gasteiger partial charge in [-0.25, -0.2) is 0 Å². The fraction of sp³-hybridized carbons (Fsp3) is 0.0833. The number of hydrogen-bond donors (Lipinski definition) is 1. The molecule has 0 fully saturated rings. The number of aromatic amines is 1. The fourth-order valence-electron chi connectivity index (χ4n) is 1.50. The summed E-state index contributed by atoms with van der Waals surface area (Å²) in [6.45, 7) is 1.73. The number of aryl methyl sites for hydroxylation is 1. The van der Waals surface area contributed by atoms with Crippen LogP contribution >= 0.6 is 34.8 Å². The van der Waals surface area contributed by atoms with Crippen LogP contribution in [-0.4, -0.2) is 4.98 Å². The number of pyridine rings is 1. The molecule has 0 aliphatic heterocycles. The van der Waals surface area contributed by atoms with E-state index in [4.69, 9.17) is 34.8 Å². The van der Waals surface area contributed by atoms with Gasteiger partial charge in [-0.05, 0) is 24.6 Å². The predicted octanol–water partition coefficient (Wildman–Crippen LogP) is 4.31. The normalized spacial score (nSPS) is 10.6. The smallest absolute Gasteiger partial charge is 0.250 e. The first kappa shape index (κ1) is 12.5. The molecule has 0 radical (unpaired) electrons. The first-order valence-corrected chi connectivity index (χ1v) is 5.97. The molecule has 17 heavy (non-hydrogen) atoms. The van der Waals surface area contributed by atoms with Crippen molar-refractivity contribution in [2.24, 2.45) is 0 Å². The van der Waals surface area contributed by atoms with Crippen molar-refractivity contribution in [1.82, 2.24) is 4.98 Å². The lowest BCUT2D eigenvalue weighted by Crippen LogP contribution is -2.07. The molecule has 1 aromatic carbocycles. The van der Waals surface area contributed by atoms with E-state index in [1.807, 2.05) is 0 Å². The molecule has 0 bridgehead atoms. The molecule has 1 heterocycles. The number of rotatable bonds is 1. The maximum Gasteiger partial charge on any atom is 0.250 e. The van der Waals surface area contributed by atoms with Crippen LogP contribution < -0.4 is 5.56 Å². The minimum atomic E-state index is -0.120. The zero-order chi connectivity index (χ0) is 12.6. The molecule has 2 rings (SSSR count). The second-order valence-electron chi connectivity index (χ2n) is 3.62. The fourth-order valence-corrected chi connectivity index (χ4v) is 2.15. The third-order valence-electron chi connectivity index (χ3n) is 2.44. The number of nitrogens with one attached hydrogen (secondary N) is 1. The Morgan fingerprint density at radius 3 is 2.47 bits per heavy atom. The molecule has 2 nitrogen and oxygen atoms in total. The lowest BCUT2D eigenvalue weighted by molar-refractivity contribution is 1.18. The minimum Gasteiger partial charge on any atom is -0.328 e. The van der Waals surface area contributed by atoms with Crippen molar-refractivity contribution >= 4 is 34.8 Å². The SMILES string of the molecule is Cc1cc(-c2ccc(Cl)c(Cl)c2Cl)c[nH]c1=O. The van der Waals surface area contributed by atoms with Gasteiger partial charge in [-0.3, -0.25) is 4.79 Å². The largest absolute Gasteiger partial charge is 0.328 e. The van der Waals surface area contributed by atoms with E-state index in [1.165, 1.54) is 0 Å². The van der Waals surface area contributed by atoms with Gasteiger partial charge in [0.1, 0.15) is 0 Å². The molecule has 0 aliphatic rings. The quantitative estimate of drug-likeness (QED) is 0.779. The van der Waals surface area contributed by atoms with Crippen molar-refractivity contribution in [3.05, 3.63) is 55.4 Å². The molecule has 5 heteroatoms. The van der Waals surface area contributed by atoms with E-state index in [9.17, 15) is 4.79 Å². The predicted molar refractivity (Wildman–Crippen MR) is 72.3 cm³/mol. The van der Waals surface area contributed by atoms with Gasteiger partial charge in [-0.15, -0.1) is 0 Å². The van der Waals surface area contributed by atoms with Gasteiger partial charge >= 0.3 is 0 Å². The summed E-state index contributed by atoms with van der Waals surface area (Å²) >= 11 is 17.9. The topological polar surface area (TPSA) is 32.9 Å². The summed E-state index contributed by atoms with van der Waals surface area (Å²) in [4.78, 5) is 13.9. The second-order valence-corrected chi connectivity index (χ2v) is 4.79. The number of hydrogen-bond acceptors (Lipinski definition) is 1. The highest BCUT2D eigenvalue weighted by Gasteiger charge is 2.11. The Hall–Kier alpha value is -0.960. The Kier molecular flexibility index (Phi) is 3.48. The average Bonchev–Trinajstić information content (AvgIpc) is 2.30. The number of benzene rings is 1. The van der Waals surface area contributed by atoms with E-state index in [1.54, 1.807) is 31.3 Å². The zero-order valence-electron chi connectivity index (χ0n) is 8.85. The molecule has 0 spiro atoms. The lowest BCUT2D eigenvalue weighted by atomic mass is 10.1. The van der Waals surface area contributed by atoms with Gasteiger partial charge in [-0.2, -0.15) is 0 Å². The van der Waals surface area contributed by atoms with Crippen molar-refractivity contribution in [3.8, 4) is 11.1 Å². The molecule has 0 atom stereocenters. The zero-order valence-corrected chi connectivity index (χ0v) is 11.1. The highest BCUT2D eigenvalue weighted by Crippen LogP contribution is 2.37. The Balaban J connectivity index is 2.65.